The summed E-state index contributed by atoms with van der Waals surface area (Å²) >= 11 is 10.7. The number of benzene rings is 2. The monoisotopic (exact) mass is 471 g/mol. The van der Waals surface area contributed by atoms with Gasteiger partial charge in [0.15, 0.2) is 0 Å². The first kappa shape index (κ1) is 15.7. The zero-order chi connectivity index (χ0) is 14.8. The van der Waals surface area contributed by atoms with E-state index in [0.717, 1.165) is 26.5 Å². The molecule has 2 atom stereocenters. The fourth-order valence-electron chi connectivity index (χ4n) is 3.06. The molecule has 2 aromatic carbocycles. The zero-order valence-electron chi connectivity index (χ0n) is 11.5. The summed E-state index contributed by atoms with van der Waals surface area (Å²) in [5, 5.41) is 3.54. The van der Waals surface area contributed by atoms with Crippen LogP contribution in [0, 0.1) is 0 Å². The van der Waals surface area contributed by atoms with E-state index < -0.39 is 0 Å². The summed E-state index contributed by atoms with van der Waals surface area (Å²) in [6, 6.07) is 15.4. The van der Waals surface area contributed by atoms with Crippen LogP contribution in [0.25, 0.3) is 0 Å². The van der Waals surface area contributed by atoms with Crippen LogP contribution in [0.2, 0.25) is 0 Å². The van der Waals surface area contributed by atoms with Gasteiger partial charge >= 0.3 is 0 Å². The minimum absolute atomic E-state index is 0.528. The summed E-state index contributed by atoms with van der Waals surface area (Å²) in [6.07, 6.45) is 1.18. The number of hydrogen-bond donors (Lipinski definition) is 1. The van der Waals surface area contributed by atoms with Crippen LogP contribution in [0.15, 0.2) is 55.9 Å². The van der Waals surface area contributed by atoms with E-state index in [1.165, 1.54) is 17.5 Å². The van der Waals surface area contributed by atoms with Crippen molar-refractivity contribution < 1.29 is 0 Å². The zero-order valence-corrected chi connectivity index (χ0v) is 16.2. The third kappa shape index (κ3) is 3.61. The van der Waals surface area contributed by atoms with Crippen LogP contribution in [0.1, 0.15) is 29.4 Å². The van der Waals surface area contributed by atoms with Crippen LogP contribution in [-0.2, 0) is 0 Å². The van der Waals surface area contributed by atoms with Gasteiger partial charge in [0.1, 0.15) is 0 Å². The maximum absolute atomic E-state index is 3.63. The molecule has 1 aliphatic heterocycles. The van der Waals surface area contributed by atoms with Crippen molar-refractivity contribution in [3.8, 4) is 0 Å². The maximum Gasteiger partial charge on any atom is 0.0320 e. The summed E-state index contributed by atoms with van der Waals surface area (Å²) in [7, 11) is 0. The number of halogens is 3. The molecule has 1 fully saturated rings. The van der Waals surface area contributed by atoms with E-state index >= 15 is 0 Å². The van der Waals surface area contributed by atoms with Crippen molar-refractivity contribution in [1.82, 2.24) is 5.32 Å². The van der Waals surface area contributed by atoms with Gasteiger partial charge in [-0.1, -0.05) is 34.1 Å². The molecular formula is C17H16Br3N. The molecule has 3 rings (SSSR count). The first-order chi connectivity index (χ1) is 10.1. The summed E-state index contributed by atoms with van der Waals surface area (Å²) in [5.41, 5.74) is 2.83. The van der Waals surface area contributed by atoms with Gasteiger partial charge in [-0.25, -0.2) is 0 Å². The van der Waals surface area contributed by atoms with Crippen molar-refractivity contribution >= 4 is 47.8 Å². The summed E-state index contributed by atoms with van der Waals surface area (Å²) in [6.45, 7) is 2.13. The molecule has 1 heterocycles. The third-order valence-corrected chi connectivity index (χ3v) is 6.56. The standard InChI is InChI=1S/C17H16Br3N/c18-13-4-1-11(2-5-13)15-10-21-8-7-14(15)12-3-6-16(19)17(20)9-12/h1-6,9,14-15,21H,7-8,10H2. The van der Waals surface area contributed by atoms with Crippen LogP contribution in [0.4, 0.5) is 0 Å². The fraction of sp³-hybridized carbons (Fsp3) is 0.294. The number of rotatable bonds is 2. The van der Waals surface area contributed by atoms with Crippen molar-refractivity contribution in [3.05, 3.63) is 67.0 Å². The van der Waals surface area contributed by atoms with Crippen LogP contribution in [0.3, 0.4) is 0 Å². The van der Waals surface area contributed by atoms with Gasteiger partial charge in [0.05, 0.1) is 0 Å². The Morgan fingerprint density at radius 2 is 1.52 bits per heavy atom. The summed E-state index contributed by atoms with van der Waals surface area (Å²) < 4.78 is 3.38. The first-order valence-electron chi connectivity index (χ1n) is 7.06. The number of hydrogen-bond acceptors (Lipinski definition) is 1. The molecule has 1 aliphatic rings. The van der Waals surface area contributed by atoms with Crippen LogP contribution in [0.5, 0.6) is 0 Å². The Kier molecular flexibility index (Phi) is 5.20. The molecule has 1 N–H and O–H groups in total. The number of piperidine rings is 1. The minimum Gasteiger partial charge on any atom is -0.316 e. The average Bonchev–Trinajstić information content (AvgIpc) is 2.51. The molecule has 4 heteroatoms. The van der Waals surface area contributed by atoms with Gasteiger partial charge in [-0.2, -0.15) is 0 Å². The number of nitrogens with one attached hydrogen (secondary N) is 1. The predicted octanol–water partition coefficient (Wildman–Crippen LogP) is 5.83. The quantitative estimate of drug-likeness (QED) is 0.578. The molecule has 21 heavy (non-hydrogen) atoms. The second kappa shape index (κ2) is 6.95. The Hall–Kier alpha value is -0.160. The van der Waals surface area contributed by atoms with Gasteiger partial charge in [-0.15, -0.1) is 0 Å². The van der Waals surface area contributed by atoms with Gasteiger partial charge in [-0.3, -0.25) is 0 Å². The van der Waals surface area contributed by atoms with Gasteiger partial charge in [0.2, 0.25) is 0 Å². The highest BCUT2D eigenvalue weighted by molar-refractivity contribution is 9.13. The Bertz CT molecular complexity index is 624. The lowest BCUT2D eigenvalue weighted by Crippen LogP contribution is -2.34. The van der Waals surface area contributed by atoms with E-state index in [-0.39, 0.29) is 0 Å². The molecular weight excluding hydrogens is 458 g/mol. The van der Waals surface area contributed by atoms with Gasteiger partial charge < -0.3 is 5.32 Å². The third-order valence-electron chi connectivity index (χ3n) is 4.15. The second-order valence-electron chi connectivity index (χ2n) is 5.43. The normalized spacial score (nSPS) is 22.2. The van der Waals surface area contributed by atoms with Crippen molar-refractivity contribution in [2.24, 2.45) is 0 Å². The maximum atomic E-state index is 3.63. The molecule has 0 radical (unpaired) electrons. The SMILES string of the molecule is Brc1ccc(C2CNCCC2c2ccc(Br)c(Br)c2)cc1. The Morgan fingerprint density at radius 1 is 0.810 bits per heavy atom. The molecule has 0 bridgehead atoms. The largest absolute Gasteiger partial charge is 0.316 e. The fourth-order valence-corrected chi connectivity index (χ4v) is 3.97. The highest BCUT2D eigenvalue weighted by Crippen LogP contribution is 2.39. The van der Waals surface area contributed by atoms with Crippen molar-refractivity contribution in [2.75, 3.05) is 13.1 Å². The van der Waals surface area contributed by atoms with Gasteiger partial charge in [-0.05, 0) is 86.1 Å². The molecule has 0 aliphatic carbocycles. The van der Waals surface area contributed by atoms with E-state index in [9.17, 15) is 0 Å². The minimum atomic E-state index is 0.528. The van der Waals surface area contributed by atoms with Crippen LogP contribution in [-0.4, -0.2) is 13.1 Å². The first-order valence-corrected chi connectivity index (χ1v) is 9.44. The molecule has 110 valence electrons. The van der Waals surface area contributed by atoms with Crippen molar-refractivity contribution in [2.45, 2.75) is 18.3 Å². The summed E-state index contributed by atoms with van der Waals surface area (Å²) in [4.78, 5) is 0. The average molecular weight is 474 g/mol. The van der Waals surface area contributed by atoms with E-state index in [1.54, 1.807) is 0 Å². The molecule has 0 spiro atoms. The highest BCUT2D eigenvalue weighted by atomic mass is 79.9. The van der Waals surface area contributed by atoms with Gasteiger partial charge in [0.25, 0.3) is 0 Å². The molecule has 0 saturated carbocycles. The van der Waals surface area contributed by atoms with E-state index in [4.69, 9.17) is 0 Å². The Balaban J connectivity index is 1.94. The van der Waals surface area contributed by atoms with E-state index in [0.29, 0.717) is 11.8 Å². The smallest absolute Gasteiger partial charge is 0.0320 e. The van der Waals surface area contributed by atoms with Crippen molar-refractivity contribution in [3.63, 3.8) is 0 Å². The molecule has 1 saturated heterocycles. The lowest BCUT2D eigenvalue weighted by atomic mass is 9.77. The second-order valence-corrected chi connectivity index (χ2v) is 8.06. The lowest BCUT2D eigenvalue weighted by molar-refractivity contribution is 0.404. The Labute approximate surface area is 150 Å². The summed E-state index contributed by atoms with van der Waals surface area (Å²) in [5.74, 6) is 1.09. The predicted molar refractivity (Wildman–Crippen MR) is 99.0 cm³/mol. The topological polar surface area (TPSA) is 12.0 Å². The molecule has 1 nitrogen and oxygen atoms in total. The molecule has 0 aromatic heterocycles. The van der Waals surface area contributed by atoms with E-state index in [2.05, 4.69) is 95.6 Å². The van der Waals surface area contributed by atoms with E-state index in [1.807, 2.05) is 0 Å². The van der Waals surface area contributed by atoms with Crippen molar-refractivity contribution in [1.29, 1.82) is 0 Å². The molecule has 2 unspecified atom stereocenters. The highest BCUT2D eigenvalue weighted by Gasteiger charge is 2.27. The van der Waals surface area contributed by atoms with Crippen LogP contribution < -0.4 is 5.32 Å². The van der Waals surface area contributed by atoms with Crippen LogP contribution >= 0.6 is 47.8 Å². The molecule has 0 amide bonds. The Morgan fingerprint density at radius 3 is 2.24 bits per heavy atom. The molecule has 2 aromatic rings. The van der Waals surface area contributed by atoms with Gasteiger partial charge in [0, 0.05) is 25.9 Å². The lowest BCUT2D eigenvalue weighted by Gasteiger charge is -2.33.